The molecule has 1 amide bonds. The Morgan fingerprint density at radius 3 is 2.62 bits per heavy atom. The number of amides is 1. The van der Waals surface area contributed by atoms with Gasteiger partial charge in [-0.3, -0.25) is 10.0 Å². The largest absolute Gasteiger partial charge is 0.345 e. The summed E-state index contributed by atoms with van der Waals surface area (Å²) in [4.78, 5) is 17.6. The van der Waals surface area contributed by atoms with Crippen LogP contribution in [-0.2, 0) is 10.0 Å². The minimum Gasteiger partial charge on any atom is -0.345 e. The number of piperazine rings is 1. The molecule has 1 aromatic carbocycles. The zero-order valence-electron chi connectivity index (χ0n) is 13.8. The second-order valence-electron chi connectivity index (χ2n) is 5.75. The number of carbonyl (C=O) groups is 1. The van der Waals surface area contributed by atoms with Crippen molar-refractivity contribution in [3.8, 4) is 0 Å². The van der Waals surface area contributed by atoms with E-state index < -0.39 is 21.7 Å². The van der Waals surface area contributed by atoms with Crippen LogP contribution >= 0.6 is 11.3 Å². The summed E-state index contributed by atoms with van der Waals surface area (Å²) in [5.74, 6) is -1.20. The SMILES string of the molecule is Cc1ccc(S(=O)(=O)N2CCN(c3ncc(C(=O)NO)s3)CC2)cc1F. The first-order valence-electron chi connectivity index (χ1n) is 7.74. The van der Waals surface area contributed by atoms with Gasteiger partial charge in [0, 0.05) is 26.2 Å². The summed E-state index contributed by atoms with van der Waals surface area (Å²) in [5.41, 5.74) is 1.94. The van der Waals surface area contributed by atoms with Crippen molar-refractivity contribution in [2.24, 2.45) is 0 Å². The Morgan fingerprint density at radius 1 is 1.31 bits per heavy atom. The van der Waals surface area contributed by atoms with Gasteiger partial charge in [-0.2, -0.15) is 4.31 Å². The number of carbonyl (C=O) groups excluding carboxylic acids is 1. The number of halogens is 1. The van der Waals surface area contributed by atoms with Crippen LogP contribution in [0.2, 0.25) is 0 Å². The summed E-state index contributed by atoms with van der Waals surface area (Å²) < 4.78 is 40.4. The lowest BCUT2D eigenvalue weighted by Crippen LogP contribution is -2.48. The highest BCUT2D eigenvalue weighted by molar-refractivity contribution is 7.89. The number of aromatic nitrogens is 1. The Morgan fingerprint density at radius 2 is 2.00 bits per heavy atom. The van der Waals surface area contributed by atoms with E-state index in [0.717, 1.165) is 17.4 Å². The van der Waals surface area contributed by atoms with Crippen LogP contribution < -0.4 is 10.4 Å². The molecule has 1 aliphatic heterocycles. The molecule has 1 fully saturated rings. The van der Waals surface area contributed by atoms with Gasteiger partial charge in [-0.25, -0.2) is 23.3 Å². The molecule has 0 atom stereocenters. The first-order valence-corrected chi connectivity index (χ1v) is 10.00. The maximum absolute atomic E-state index is 13.7. The fourth-order valence-electron chi connectivity index (χ4n) is 2.57. The minimum absolute atomic E-state index is 0.0646. The summed E-state index contributed by atoms with van der Waals surface area (Å²) in [6.07, 6.45) is 1.35. The Labute approximate surface area is 153 Å². The summed E-state index contributed by atoms with van der Waals surface area (Å²) in [6, 6.07) is 3.89. The lowest BCUT2D eigenvalue weighted by atomic mass is 10.2. The highest BCUT2D eigenvalue weighted by Crippen LogP contribution is 2.25. The predicted octanol–water partition coefficient (Wildman–Crippen LogP) is 1.22. The highest BCUT2D eigenvalue weighted by atomic mass is 32.2. The first-order chi connectivity index (χ1) is 12.3. The third-order valence-corrected chi connectivity index (χ3v) is 7.06. The van der Waals surface area contributed by atoms with Gasteiger partial charge in [0.15, 0.2) is 5.13 Å². The maximum atomic E-state index is 13.7. The smallest absolute Gasteiger partial charge is 0.286 e. The number of sulfonamides is 1. The van der Waals surface area contributed by atoms with Gasteiger partial charge in [-0.1, -0.05) is 17.4 Å². The lowest BCUT2D eigenvalue weighted by molar-refractivity contribution is 0.0710. The molecule has 11 heteroatoms. The second kappa shape index (κ2) is 7.27. The number of hydrogen-bond donors (Lipinski definition) is 2. The first kappa shape index (κ1) is 18.7. The topological polar surface area (TPSA) is 103 Å². The van der Waals surface area contributed by atoms with Crippen LogP contribution in [0.1, 0.15) is 15.2 Å². The quantitative estimate of drug-likeness (QED) is 0.591. The molecular formula is C15H17FN4O4S2. The van der Waals surface area contributed by atoms with E-state index in [1.807, 2.05) is 4.90 Å². The number of benzene rings is 1. The van der Waals surface area contributed by atoms with Gasteiger partial charge < -0.3 is 4.90 Å². The highest BCUT2D eigenvalue weighted by Gasteiger charge is 2.30. The molecule has 0 saturated carbocycles. The summed E-state index contributed by atoms with van der Waals surface area (Å²) in [6.45, 7) is 2.80. The van der Waals surface area contributed by atoms with Crippen LogP contribution in [0.4, 0.5) is 9.52 Å². The second-order valence-corrected chi connectivity index (χ2v) is 8.70. The van der Waals surface area contributed by atoms with Gasteiger partial charge in [0.1, 0.15) is 10.7 Å². The van der Waals surface area contributed by atoms with Gasteiger partial charge in [0.2, 0.25) is 10.0 Å². The molecule has 1 saturated heterocycles. The summed E-state index contributed by atoms with van der Waals surface area (Å²) in [5, 5.41) is 9.21. The Bertz CT molecular complexity index is 923. The van der Waals surface area contributed by atoms with Crippen LogP contribution in [-0.4, -0.2) is 55.0 Å². The number of hydrogen-bond acceptors (Lipinski definition) is 7. The van der Waals surface area contributed by atoms with Crippen LogP contribution in [0, 0.1) is 12.7 Å². The van der Waals surface area contributed by atoms with Crippen molar-refractivity contribution in [3.05, 3.63) is 40.7 Å². The van der Waals surface area contributed by atoms with Crippen LogP contribution in [0.15, 0.2) is 29.3 Å². The van der Waals surface area contributed by atoms with E-state index in [0.29, 0.717) is 23.8 Å². The van der Waals surface area contributed by atoms with Gasteiger partial charge >= 0.3 is 0 Å². The number of hydroxylamine groups is 1. The van der Waals surface area contributed by atoms with E-state index in [4.69, 9.17) is 5.21 Å². The van der Waals surface area contributed by atoms with Gasteiger partial charge in [-0.05, 0) is 24.6 Å². The lowest BCUT2D eigenvalue weighted by Gasteiger charge is -2.33. The number of rotatable bonds is 4. The Balaban J connectivity index is 1.70. The molecule has 2 N–H and O–H groups in total. The molecule has 0 bridgehead atoms. The molecule has 0 spiro atoms. The fraction of sp³-hybridized carbons (Fsp3) is 0.333. The van der Waals surface area contributed by atoms with E-state index in [2.05, 4.69) is 4.98 Å². The van der Waals surface area contributed by atoms with E-state index >= 15 is 0 Å². The van der Waals surface area contributed by atoms with Crippen molar-refractivity contribution in [1.82, 2.24) is 14.8 Å². The molecule has 8 nitrogen and oxygen atoms in total. The van der Waals surface area contributed by atoms with Crippen molar-refractivity contribution in [2.75, 3.05) is 31.1 Å². The molecule has 0 unspecified atom stereocenters. The third-order valence-electron chi connectivity index (χ3n) is 4.11. The van der Waals surface area contributed by atoms with E-state index in [9.17, 15) is 17.6 Å². The standard InChI is InChI=1S/C15H17FN4O4S2/c1-10-2-3-11(8-12(10)16)26(23,24)20-6-4-19(5-7-20)15-17-9-13(25-15)14(21)18-22/h2-3,8-9,22H,4-7H2,1H3,(H,18,21). The van der Waals surface area contributed by atoms with Crippen LogP contribution in [0.3, 0.4) is 0 Å². The average Bonchev–Trinajstić information content (AvgIpc) is 3.13. The van der Waals surface area contributed by atoms with Crippen LogP contribution in [0.25, 0.3) is 0 Å². The summed E-state index contributed by atoms with van der Waals surface area (Å²) >= 11 is 1.11. The molecule has 1 aliphatic rings. The molecule has 0 radical (unpaired) electrons. The third kappa shape index (κ3) is 3.56. The molecule has 2 aromatic rings. The van der Waals surface area contributed by atoms with E-state index in [1.165, 1.54) is 22.6 Å². The van der Waals surface area contributed by atoms with Gasteiger partial charge in [0.25, 0.3) is 5.91 Å². The molecule has 3 rings (SSSR count). The monoisotopic (exact) mass is 400 g/mol. The van der Waals surface area contributed by atoms with Crippen molar-refractivity contribution in [3.63, 3.8) is 0 Å². The van der Waals surface area contributed by atoms with Gasteiger partial charge in [0.05, 0.1) is 11.1 Å². The van der Waals surface area contributed by atoms with Crippen molar-refractivity contribution in [2.45, 2.75) is 11.8 Å². The number of thiazole rings is 1. The zero-order valence-corrected chi connectivity index (χ0v) is 15.5. The molecule has 140 valence electrons. The average molecular weight is 400 g/mol. The van der Waals surface area contributed by atoms with Crippen molar-refractivity contribution >= 4 is 32.4 Å². The van der Waals surface area contributed by atoms with Gasteiger partial charge in [-0.15, -0.1) is 0 Å². The normalized spacial score (nSPS) is 15.9. The number of aryl methyl sites for hydroxylation is 1. The maximum Gasteiger partial charge on any atom is 0.286 e. The zero-order chi connectivity index (χ0) is 18.9. The van der Waals surface area contributed by atoms with Crippen molar-refractivity contribution < 1.29 is 22.8 Å². The number of nitrogens with zero attached hydrogens (tertiary/aromatic N) is 3. The van der Waals surface area contributed by atoms with E-state index in [-0.39, 0.29) is 22.9 Å². The number of anilines is 1. The summed E-state index contributed by atoms with van der Waals surface area (Å²) in [7, 11) is -3.77. The molecule has 0 aliphatic carbocycles. The molecule has 2 heterocycles. The number of nitrogens with one attached hydrogen (secondary N) is 1. The fourth-order valence-corrected chi connectivity index (χ4v) is 4.87. The minimum atomic E-state index is -3.77. The molecule has 26 heavy (non-hydrogen) atoms. The molecular weight excluding hydrogens is 383 g/mol. The predicted molar refractivity (Wildman–Crippen MR) is 93.5 cm³/mol. The Hall–Kier alpha value is -2.08. The van der Waals surface area contributed by atoms with Crippen molar-refractivity contribution in [1.29, 1.82) is 0 Å². The Kier molecular flexibility index (Phi) is 5.23. The molecule has 1 aromatic heterocycles. The van der Waals surface area contributed by atoms with E-state index in [1.54, 1.807) is 12.4 Å². The van der Waals surface area contributed by atoms with Crippen LogP contribution in [0.5, 0.6) is 0 Å².